The van der Waals surface area contributed by atoms with Gasteiger partial charge in [-0.1, -0.05) is 29.8 Å². The van der Waals surface area contributed by atoms with Gasteiger partial charge in [-0.2, -0.15) is 18.3 Å². The molecule has 2 heterocycles. The highest BCUT2D eigenvalue weighted by molar-refractivity contribution is 7.91. The number of nitrogens with one attached hydrogen (secondary N) is 2. The lowest BCUT2D eigenvalue weighted by Crippen LogP contribution is -2.52. The first-order valence-corrected chi connectivity index (χ1v) is 14.1. The molecule has 2 aromatic carbocycles. The van der Waals surface area contributed by atoms with Crippen LogP contribution < -0.4 is 15.4 Å². The smallest absolute Gasteiger partial charge is 0.422 e. The standard InChI is InChI=1S/C26H25F3N4O5S/c1-15-4-3-5-17(10-15)21-22(30-20(34)12-39(2,36)37)23-24(35)31-25(13-33(23)32-21)9-8-16-11-18(6-7-19(16)25)38-14-26(27,28)29/h3-7,10-11H,8-9,12-14H2,1-2H3,(H,30,34)(H,31,35)/t25-/m1/s1. The van der Waals surface area contributed by atoms with Crippen molar-refractivity contribution in [1.29, 1.82) is 0 Å². The molecule has 1 aliphatic heterocycles. The molecule has 3 aromatic rings. The van der Waals surface area contributed by atoms with E-state index in [1.807, 2.05) is 19.1 Å². The van der Waals surface area contributed by atoms with Crippen LogP contribution in [0.4, 0.5) is 18.9 Å². The van der Waals surface area contributed by atoms with Crippen molar-refractivity contribution in [3.63, 3.8) is 0 Å². The largest absolute Gasteiger partial charge is 0.484 e. The summed E-state index contributed by atoms with van der Waals surface area (Å²) in [6.07, 6.45) is -2.55. The van der Waals surface area contributed by atoms with E-state index in [9.17, 15) is 31.2 Å². The first-order valence-electron chi connectivity index (χ1n) is 12.0. The number of benzene rings is 2. The summed E-state index contributed by atoms with van der Waals surface area (Å²) >= 11 is 0. The van der Waals surface area contributed by atoms with Crippen molar-refractivity contribution in [1.82, 2.24) is 15.1 Å². The van der Waals surface area contributed by atoms with E-state index in [1.165, 1.54) is 10.7 Å². The average molecular weight is 563 g/mol. The summed E-state index contributed by atoms with van der Waals surface area (Å²) < 4.78 is 67.5. The van der Waals surface area contributed by atoms with Gasteiger partial charge in [0.15, 0.2) is 22.1 Å². The van der Waals surface area contributed by atoms with Gasteiger partial charge in [-0.05, 0) is 49.1 Å². The highest BCUT2D eigenvalue weighted by atomic mass is 32.2. The summed E-state index contributed by atoms with van der Waals surface area (Å²) in [5, 5.41) is 10.3. The lowest BCUT2D eigenvalue weighted by molar-refractivity contribution is -0.153. The molecule has 0 unspecified atom stereocenters. The molecule has 1 aliphatic carbocycles. The minimum Gasteiger partial charge on any atom is -0.484 e. The fraction of sp³-hybridized carbons (Fsp3) is 0.346. The molecule has 9 nitrogen and oxygen atoms in total. The van der Waals surface area contributed by atoms with E-state index in [-0.39, 0.29) is 23.7 Å². The normalized spacial score (nSPS) is 18.4. The van der Waals surface area contributed by atoms with Gasteiger partial charge in [0.2, 0.25) is 5.91 Å². The molecular formula is C26H25F3N4O5S. The first kappa shape index (κ1) is 26.7. The van der Waals surface area contributed by atoms with Gasteiger partial charge in [0, 0.05) is 11.8 Å². The van der Waals surface area contributed by atoms with Crippen molar-refractivity contribution in [2.45, 2.75) is 38.0 Å². The van der Waals surface area contributed by atoms with E-state index in [4.69, 9.17) is 4.74 Å². The van der Waals surface area contributed by atoms with E-state index in [2.05, 4.69) is 15.7 Å². The summed E-state index contributed by atoms with van der Waals surface area (Å²) in [5.41, 5.74) is 2.69. The van der Waals surface area contributed by atoms with Gasteiger partial charge in [-0.25, -0.2) is 8.42 Å². The van der Waals surface area contributed by atoms with E-state index in [0.29, 0.717) is 24.1 Å². The van der Waals surface area contributed by atoms with Crippen LogP contribution in [0.25, 0.3) is 11.3 Å². The average Bonchev–Trinajstić information content (AvgIpc) is 3.34. The zero-order valence-electron chi connectivity index (χ0n) is 21.1. The second-order valence-corrected chi connectivity index (χ2v) is 12.1. The Bertz CT molecular complexity index is 1600. The molecule has 206 valence electrons. The molecule has 0 saturated heterocycles. The molecule has 39 heavy (non-hydrogen) atoms. The number of alkyl halides is 3. The summed E-state index contributed by atoms with van der Waals surface area (Å²) in [6.45, 7) is 0.676. The van der Waals surface area contributed by atoms with Crippen LogP contribution in [0.1, 0.15) is 33.6 Å². The van der Waals surface area contributed by atoms with Crippen LogP contribution in [-0.2, 0) is 33.1 Å². The van der Waals surface area contributed by atoms with E-state index >= 15 is 0 Å². The Morgan fingerprint density at radius 3 is 2.69 bits per heavy atom. The second-order valence-electron chi connectivity index (χ2n) is 9.98. The predicted octanol–water partition coefficient (Wildman–Crippen LogP) is 3.37. The highest BCUT2D eigenvalue weighted by Gasteiger charge is 2.46. The number of carbonyl (C=O) groups excluding carboxylic acids is 2. The SMILES string of the molecule is Cc1cccc(-c2nn3c(c2NC(=O)CS(C)(=O)=O)C(=O)N[C@]2(CCc4cc(OCC(F)(F)F)ccc42)C3)c1. The van der Waals surface area contributed by atoms with E-state index in [1.54, 1.807) is 24.3 Å². The Balaban J connectivity index is 1.53. The molecule has 2 N–H and O–H groups in total. The molecular weight excluding hydrogens is 537 g/mol. The molecule has 0 radical (unpaired) electrons. The molecule has 2 aliphatic rings. The predicted molar refractivity (Wildman–Crippen MR) is 136 cm³/mol. The summed E-state index contributed by atoms with van der Waals surface area (Å²) in [6, 6.07) is 11.9. The van der Waals surface area contributed by atoms with Crippen LogP contribution in [-0.4, -0.2) is 54.8 Å². The van der Waals surface area contributed by atoms with Crippen LogP contribution in [0.5, 0.6) is 5.75 Å². The lowest BCUT2D eigenvalue weighted by atomic mass is 9.89. The molecule has 5 rings (SSSR count). The lowest BCUT2D eigenvalue weighted by Gasteiger charge is -2.36. The number of rotatable bonds is 6. The number of ether oxygens (including phenoxy) is 1. The third-order valence-electron chi connectivity index (χ3n) is 6.71. The molecule has 13 heteroatoms. The van der Waals surface area contributed by atoms with Gasteiger partial charge in [-0.15, -0.1) is 0 Å². The number of hydrogen-bond donors (Lipinski definition) is 2. The van der Waals surface area contributed by atoms with Crippen LogP contribution in [0.3, 0.4) is 0 Å². The van der Waals surface area contributed by atoms with Crippen LogP contribution in [0.2, 0.25) is 0 Å². The Morgan fingerprint density at radius 2 is 2.00 bits per heavy atom. The minimum atomic E-state index is -4.46. The number of carbonyl (C=O) groups is 2. The molecule has 2 amide bonds. The van der Waals surface area contributed by atoms with Crippen molar-refractivity contribution in [2.75, 3.05) is 23.9 Å². The van der Waals surface area contributed by atoms with E-state index in [0.717, 1.165) is 22.9 Å². The maximum Gasteiger partial charge on any atom is 0.422 e. The summed E-state index contributed by atoms with van der Waals surface area (Å²) in [7, 11) is -3.63. The number of aromatic nitrogens is 2. The van der Waals surface area contributed by atoms with Crippen molar-refractivity contribution >= 4 is 27.3 Å². The number of sulfone groups is 1. The van der Waals surface area contributed by atoms with Crippen molar-refractivity contribution in [3.8, 4) is 17.0 Å². The third-order valence-corrected chi connectivity index (χ3v) is 7.49. The molecule has 1 spiro atoms. The molecule has 0 saturated carbocycles. The van der Waals surface area contributed by atoms with Gasteiger partial charge < -0.3 is 15.4 Å². The molecule has 0 bridgehead atoms. The zero-order valence-corrected chi connectivity index (χ0v) is 21.9. The summed E-state index contributed by atoms with van der Waals surface area (Å²) in [5.74, 6) is -1.99. The van der Waals surface area contributed by atoms with Crippen LogP contribution in [0.15, 0.2) is 42.5 Å². The van der Waals surface area contributed by atoms with Gasteiger partial charge in [-0.3, -0.25) is 14.3 Å². The Hall–Kier alpha value is -3.87. The molecule has 1 aromatic heterocycles. The number of fused-ring (bicyclic) bond motifs is 3. The summed E-state index contributed by atoms with van der Waals surface area (Å²) in [4.78, 5) is 26.1. The number of amides is 2. The van der Waals surface area contributed by atoms with E-state index < -0.39 is 45.7 Å². The number of aryl methyl sites for hydroxylation is 2. The quantitative estimate of drug-likeness (QED) is 0.476. The fourth-order valence-electron chi connectivity index (χ4n) is 5.18. The number of anilines is 1. The Morgan fingerprint density at radius 1 is 1.23 bits per heavy atom. The van der Waals surface area contributed by atoms with Crippen LogP contribution >= 0.6 is 0 Å². The monoisotopic (exact) mass is 562 g/mol. The second kappa shape index (κ2) is 9.40. The third kappa shape index (κ3) is 5.49. The minimum absolute atomic E-state index is 0.0811. The number of nitrogens with zero attached hydrogens (tertiary/aromatic N) is 2. The van der Waals surface area contributed by atoms with Crippen LogP contribution in [0, 0.1) is 6.92 Å². The fourth-order valence-corrected chi connectivity index (χ4v) is 5.73. The number of hydrogen-bond acceptors (Lipinski definition) is 6. The Labute approximate surface area is 222 Å². The first-order chi connectivity index (χ1) is 18.2. The van der Waals surface area contributed by atoms with Crippen molar-refractivity contribution in [3.05, 3.63) is 64.8 Å². The highest BCUT2D eigenvalue weighted by Crippen LogP contribution is 2.44. The Kier molecular flexibility index (Phi) is 6.44. The van der Waals surface area contributed by atoms with Crippen molar-refractivity contribution in [2.24, 2.45) is 0 Å². The molecule has 0 fully saturated rings. The zero-order chi connectivity index (χ0) is 28.2. The molecule has 1 atom stereocenters. The number of halogens is 3. The van der Waals surface area contributed by atoms with Gasteiger partial charge in [0.05, 0.1) is 12.1 Å². The maximum atomic E-state index is 13.5. The topological polar surface area (TPSA) is 119 Å². The van der Waals surface area contributed by atoms with Gasteiger partial charge in [0.25, 0.3) is 5.91 Å². The van der Waals surface area contributed by atoms with Crippen molar-refractivity contribution < 1.29 is 35.9 Å². The maximum absolute atomic E-state index is 13.5. The van der Waals surface area contributed by atoms with Gasteiger partial charge in [0.1, 0.15) is 22.9 Å². The van der Waals surface area contributed by atoms with Gasteiger partial charge >= 0.3 is 6.18 Å².